The summed E-state index contributed by atoms with van der Waals surface area (Å²) in [6.45, 7) is 8.71. The molecule has 5 nitrogen and oxygen atoms in total. The molecule has 1 aliphatic carbocycles. The van der Waals surface area contributed by atoms with Crippen LogP contribution in [0, 0.1) is 0 Å². The number of hydrogen-bond donors (Lipinski definition) is 1. The van der Waals surface area contributed by atoms with Crippen LogP contribution in [0.2, 0.25) is 5.02 Å². The Kier molecular flexibility index (Phi) is 16.5. The highest BCUT2D eigenvalue weighted by Crippen LogP contribution is 2.35. The van der Waals surface area contributed by atoms with Crippen LogP contribution >= 0.6 is 11.6 Å². The van der Waals surface area contributed by atoms with E-state index in [4.69, 9.17) is 11.6 Å². The van der Waals surface area contributed by atoms with Gasteiger partial charge in [0.15, 0.2) is 17.9 Å². The second-order valence-corrected chi connectivity index (χ2v) is 9.28. The molecule has 2 aromatic carbocycles. The Labute approximate surface area is 267 Å². The summed E-state index contributed by atoms with van der Waals surface area (Å²) in [5.41, 5.74) is 0.593. The fourth-order valence-electron chi connectivity index (χ4n) is 3.46. The van der Waals surface area contributed by atoms with E-state index in [1.54, 1.807) is 13.8 Å². The molecule has 1 N–H and O–H groups in total. The number of halogens is 8. The van der Waals surface area contributed by atoms with E-state index < -0.39 is 29.6 Å². The fourth-order valence-corrected chi connectivity index (χ4v) is 3.63. The number of fused-ring (bicyclic) bond motifs is 1. The number of aldehydes is 1. The van der Waals surface area contributed by atoms with E-state index >= 15 is 0 Å². The summed E-state index contributed by atoms with van der Waals surface area (Å²) in [5, 5.41) is 2.77. The molecule has 0 bridgehead atoms. The third kappa shape index (κ3) is 11.5. The van der Waals surface area contributed by atoms with E-state index in [9.17, 15) is 40.3 Å². The van der Waals surface area contributed by atoms with Crippen molar-refractivity contribution in [2.75, 3.05) is 5.32 Å². The molecule has 248 valence electrons. The average Bonchev–Trinajstić information content (AvgIpc) is 3.34. The van der Waals surface area contributed by atoms with Crippen molar-refractivity contribution in [1.29, 1.82) is 0 Å². The average molecular weight is 672 g/mol. The third-order valence-corrected chi connectivity index (χ3v) is 6.02. The number of hydrogen-bond acceptors (Lipinski definition) is 3. The Morgan fingerprint density at radius 1 is 1.11 bits per heavy atom. The van der Waals surface area contributed by atoms with Crippen molar-refractivity contribution >= 4 is 40.5 Å². The Morgan fingerprint density at radius 3 is 2.22 bits per heavy atom. The van der Waals surface area contributed by atoms with Crippen LogP contribution in [-0.4, -0.2) is 21.7 Å². The van der Waals surface area contributed by atoms with Gasteiger partial charge in [-0.25, -0.2) is 22.5 Å². The molecule has 1 aromatic heterocycles. The highest BCUT2D eigenvalue weighted by molar-refractivity contribution is 6.31. The minimum atomic E-state index is -4.68. The predicted octanol–water partition coefficient (Wildman–Crippen LogP) is 11.0. The van der Waals surface area contributed by atoms with Gasteiger partial charge < -0.3 is 5.32 Å². The molecule has 0 saturated carbocycles. The summed E-state index contributed by atoms with van der Waals surface area (Å²) in [4.78, 5) is 25.7. The van der Waals surface area contributed by atoms with E-state index in [1.165, 1.54) is 67.6 Å². The molecule has 0 atom stereocenters. The Balaban J connectivity index is 0.000000483. The van der Waals surface area contributed by atoms with Crippen molar-refractivity contribution in [3.8, 4) is 5.69 Å². The maximum absolute atomic E-state index is 13.5. The standard InChI is InChI=1S/C19H14ClF4N3O.C8H6F2O.C4H7F.C2H6/c1-2-11(10-21)17(28)25-13-4-6-14(7-5-13)27-16-9-12(20)3-8-15(16)26-18(27)19(22,23)24;9-7-4-2-1-3-6(5-11)8(7)10;1-3-4(2)5;1-2/h3-10H,2H2,1H3,(H,25,28);2-5H,1H2;3H,1-2H3;1-2H3/b11-10-;;4-3+;. The lowest BCUT2D eigenvalue weighted by Gasteiger charge is -2.13. The van der Waals surface area contributed by atoms with Gasteiger partial charge in [-0.2, -0.15) is 13.2 Å². The molecule has 1 heterocycles. The van der Waals surface area contributed by atoms with E-state index in [2.05, 4.69) is 10.3 Å². The van der Waals surface area contributed by atoms with E-state index in [-0.39, 0.29) is 51.5 Å². The van der Waals surface area contributed by atoms with Crippen LogP contribution in [0.4, 0.5) is 36.4 Å². The molecule has 0 saturated heterocycles. The van der Waals surface area contributed by atoms with Gasteiger partial charge in [-0.05, 0) is 75.2 Å². The zero-order valence-electron chi connectivity index (χ0n) is 25.7. The van der Waals surface area contributed by atoms with Crippen molar-refractivity contribution in [3.05, 3.63) is 113 Å². The van der Waals surface area contributed by atoms with Crippen LogP contribution in [0.15, 0.2) is 102 Å². The van der Waals surface area contributed by atoms with Gasteiger partial charge in [0, 0.05) is 27.5 Å². The number of aromatic nitrogens is 2. The van der Waals surface area contributed by atoms with Gasteiger partial charge in [0.1, 0.15) is 0 Å². The van der Waals surface area contributed by atoms with E-state index in [1.807, 2.05) is 13.8 Å². The van der Waals surface area contributed by atoms with E-state index in [0.29, 0.717) is 18.4 Å². The molecule has 0 unspecified atom stereocenters. The molecule has 46 heavy (non-hydrogen) atoms. The molecule has 0 aliphatic heterocycles. The van der Waals surface area contributed by atoms with Crippen molar-refractivity contribution in [3.63, 3.8) is 0 Å². The second kappa shape index (κ2) is 19.2. The summed E-state index contributed by atoms with van der Waals surface area (Å²) in [7, 11) is 0. The SMILES string of the molecule is C/C=C(\C)F.CC.CC/C(=C/F)C(=O)Nc1ccc(-n2c(C(F)(F)F)nc3ccc(Cl)cc32)cc1.O=CC1=CCC=CC(F)=C1F. The first kappa shape index (κ1) is 39.6. The molecule has 3 aromatic rings. The van der Waals surface area contributed by atoms with Gasteiger partial charge in [0.2, 0.25) is 5.82 Å². The molecule has 1 aliphatic rings. The Hall–Kier alpha value is -4.45. The number of anilines is 1. The zero-order valence-corrected chi connectivity index (χ0v) is 26.4. The van der Waals surface area contributed by atoms with Gasteiger partial charge >= 0.3 is 6.18 Å². The third-order valence-electron chi connectivity index (χ3n) is 5.78. The molecule has 0 radical (unpaired) electrons. The highest BCUT2D eigenvalue weighted by Gasteiger charge is 2.38. The predicted molar refractivity (Wildman–Crippen MR) is 168 cm³/mol. The quantitative estimate of drug-likeness (QED) is 0.167. The molecule has 1 amide bonds. The number of rotatable bonds is 5. The lowest BCUT2D eigenvalue weighted by atomic mass is 10.2. The number of carbonyl (C=O) groups is 2. The highest BCUT2D eigenvalue weighted by atomic mass is 35.5. The first-order valence-electron chi connectivity index (χ1n) is 13.9. The summed E-state index contributed by atoms with van der Waals surface area (Å²) in [6.07, 6.45) is 1.66. The molecule has 0 fully saturated rings. The first-order valence-corrected chi connectivity index (χ1v) is 14.3. The largest absolute Gasteiger partial charge is 0.450 e. The number of nitrogens with one attached hydrogen (secondary N) is 1. The minimum Gasteiger partial charge on any atom is -0.322 e. The summed E-state index contributed by atoms with van der Waals surface area (Å²) >= 11 is 5.94. The monoisotopic (exact) mass is 671 g/mol. The maximum atomic E-state index is 13.5. The van der Waals surface area contributed by atoms with Crippen molar-refractivity contribution in [2.24, 2.45) is 0 Å². The zero-order chi connectivity index (χ0) is 35.0. The van der Waals surface area contributed by atoms with Crippen LogP contribution < -0.4 is 5.32 Å². The van der Waals surface area contributed by atoms with Gasteiger partial charge in [-0.1, -0.05) is 50.6 Å². The summed E-state index contributed by atoms with van der Waals surface area (Å²) in [6, 6.07) is 9.92. The number of benzene rings is 2. The van der Waals surface area contributed by atoms with Gasteiger partial charge in [-0.3, -0.25) is 14.2 Å². The van der Waals surface area contributed by atoms with Gasteiger partial charge in [-0.15, -0.1) is 0 Å². The van der Waals surface area contributed by atoms with Crippen LogP contribution in [-0.2, 0) is 15.8 Å². The number of amides is 1. The summed E-state index contributed by atoms with van der Waals surface area (Å²) < 4.78 is 90.5. The Bertz CT molecular complexity index is 1630. The Morgan fingerprint density at radius 2 is 1.72 bits per heavy atom. The topological polar surface area (TPSA) is 64.0 Å². The van der Waals surface area contributed by atoms with E-state index in [0.717, 1.165) is 10.6 Å². The second-order valence-electron chi connectivity index (χ2n) is 8.84. The van der Waals surface area contributed by atoms with Crippen LogP contribution in [0.25, 0.3) is 16.7 Å². The van der Waals surface area contributed by atoms with Crippen molar-refractivity contribution in [1.82, 2.24) is 9.55 Å². The molecular weight excluding hydrogens is 639 g/mol. The number of imidazole rings is 1. The fraction of sp³-hybridized carbons (Fsp3) is 0.242. The van der Waals surface area contributed by atoms with Crippen LogP contribution in [0.3, 0.4) is 0 Å². The smallest absolute Gasteiger partial charge is 0.322 e. The van der Waals surface area contributed by atoms with Crippen LogP contribution in [0.5, 0.6) is 0 Å². The lowest BCUT2D eigenvalue weighted by molar-refractivity contribution is -0.145. The minimum absolute atomic E-state index is 0.0429. The summed E-state index contributed by atoms with van der Waals surface area (Å²) in [5.74, 6) is -3.89. The molecule has 13 heteroatoms. The normalized spacial score (nSPS) is 13.3. The molecule has 0 spiro atoms. The van der Waals surface area contributed by atoms with Crippen LogP contribution in [0.1, 0.15) is 53.3 Å². The number of nitrogens with zero attached hydrogens (tertiary/aromatic N) is 2. The number of alkyl halides is 3. The van der Waals surface area contributed by atoms with Gasteiger partial charge in [0.25, 0.3) is 5.91 Å². The van der Waals surface area contributed by atoms with Crippen molar-refractivity contribution < 1.29 is 40.3 Å². The van der Waals surface area contributed by atoms with Gasteiger partial charge in [0.05, 0.1) is 23.2 Å². The first-order chi connectivity index (χ1) is 21.8. The maximum Gasteiger partial charge on any atom is 0.450 e. The number of allylic oxidation sites excluding steroid dienone is 8. The number of carbonyl (C=O) groups excluding carboxylic acids is 2. The molecule has 4 rings (SSSR count). The lowest BCUT2D eigenvalue weighted by Crippen LogP contribution is -2.15. The molecular formula is C33H33ClF7N3O2. The van der Waals surface area contributed by atoms with Crippen molar-refractivity contribution in [2.45, 2.75) is 53.6 Å².